The van der Waals surface area contributed by atoms with Crippen LogP contribution in [0, 0.1) is 28.1 Å². The number of hydrogen-bond donors (Lipinski definition) is 2. The summed E-state index contributed by atoms with van der Waals surface area (Å²) in [4.78, 5) is 36.6. The molecule has 5 rings (SSSR count). The topological polar surface area (TPSA) is 104 Å². The van der Waals surface area contributed by atoms with Crippen molar-refractivity contribution in [3.63, 3.8) is 0 Å². The Labute approximate surface area is 183 Å². The Morgan fingerprint density at radius 1 is 1.23 bits per heavy atom. The fraction of sp³-hybridized carbons (Fsp3) is 0.800. The first kappa shape index (κ1) is 21.3. The minimum absolute atomic E-state index is 0.0578. The van der Waals surface area contributed by atoms with Crippen molar-refractivity contribution >= 4 is 17.5 Å². The van der Waals surface area contributed by atoms with Gasteiger partial charge in [0, 0.05) is 35.0 Å². The van der Waals surface area contributed by atoms with Crippen LogP contribution in [0.1, 0.15) is 79.1 Å². The van der Waals surface area contributed by atoms with Crippen molar-refractivity contribution in [2.24, 2.45) is 28.1 Å². The van der Waals surface area contributed by atoms with Gasteiger partial charge in [-0.3, -0.25) is 14.4 Å². The van der Waals surface area contributed by atoms with E-state index in [-0.39, 0.29) is 47.8 Å². The smallest absolute Gasteiger partial charge is 0.303 e. The first-order valence-electron chi connectivity index (χ1n) is 11.7. The number of fused-ring (bicyclic) bond motifs is 3. The Hall–Kier alpha value is -1.53. The van der Waals surface area contributed by atoms with Crippen LogP contribution in [0.5, 0.6) is 0 Å². The molecular weight excluding hydrogens is 396 g/mol. The number of aliphatic hydroxyl groups is 1. The van der Waals surface area contributed by atoms with Crippen LogP contribution in [-0.2, 0) is 19.1 Å². The van der Waals surface area contributed by atoms with Crippen molar-refractivity contribution < 1.29 is 29.3 Å². The maximum atomic E-state index is 13.0. The largest absolute Gasteiger partial charge is 0.481 e. The summed E-state index contributed by atoms with van der Waals surface area (Å²) in [5.41, 5.74) is -1.75. The maximum absolute atomic E-state index is 13.0. The van der Waals surface area contributed by atoms with Crippen LogP contribution >= 0.6 is 0 Å². The van der Waals surface area contributed by atoms with Gasteiger partial charge in [-0.15, -0.1) is 0 Å². The monoisotopic (exact) mass is 430 g/mol. The molecule has 6 heteroatoms. The van der Waals surface area contributed by atoms with Crippen molar-refractivity contribution in [2.45, 2.75) is 96.4 Å². The minimum Gasteiger partial charge on any atom is -0.481 e. The van der Waals surface area contributed by atoms with Crippen molar-refractivity contribution in [1.29, 1.82) is 0 Å². The van der Waals surface area contributed by atoms with E-state index < -0.39 is 28.0 Å². The van der Waals surface area contributed by atoms with E-state index in [4.69, 9.17) is 4.74 Å². The quantitative estimate of drug-likeness (QED) is 0.662. The summed E-state index contributed by atoms with van der Waals surface area (Å²) >= 11 is 0. The molecule has 0 bridgehead atoms. The molecule has 0 amide bonds. The molecule has 0 radical (unpaired) electrons. The Morgan fingerprint density at radius 2 is 1.94 bits per heavy atom. The van der Waals surface area contributed by atoms with Crippen LogP contribution in [-0.4, -0.2) is 45.1 Å². The van der Waals surface area contributed by atoms with E-state index in [0.717, 1.165) is 18.4 Å². The van der Waals surface area contributed by atoms with E-state index in [1.165, 1.54) is 0 Å². The number of carbonyl (C=O) groups is 3. The van der Waals surface area contributed by atoms with Gasteiger partial charge in [-0.25, -0.2) is 0 Å². The fourth-order valence-corrected chi connectivity index (χ4v) is 9.07. The lowest BCUT2D eigenvalue weighted by Gasteiger charge is -2.64. The summed E-state index contributed by atoms with van der Waals surface area (Å²) in [7, 11) is 0. The molecule has 170 valence electrons. The molecule has 1 heterocycles. The van der Waals surface area contributed by atoms with Crippen LogP contribution in [0.25, 0.3) is 0 Å². The van der Waals surface area contributed by atoms with Crippen LogP contribution in [0.3, 0.4) is 0 Å². The van der Waals surface area contributed by atoms with Gasteiger partial charge < -0.3 is 14.9 Å². The van der Waals surface area contributed by atoms with Gasteiger partial charge in [-0.05, 0) is 57.4 Å². The number of epoxide rings is 1. The van der Waals surface area contributed by atoms with Crippen molar-refractivity contribution in [2.75, 3.05) is 0 Å². The highest BCUT2D eigenvalue weighted by Gasteiger charge is 2.86. The lowest BCUT2D eigenvalue weighted by atomic mass is 9.37. The third kappa shape index (κ3) is 2.28. The zero-order valence-electron chi connectivity index (χ0n) is 19.0. The standard InChI is InChI=1S/C25H34O6/c1-14(26)17-12-15-11-16(27)5-8-21(15,2)25-19(31-25)13-22(3)18(23(17,25)4)6-9-24(22,30)10-7-20(28)29/h11,17-19,30H,5-10,12-13H2,1-4H3,(H,28,29)/t17?,18-,19?,21+,22+,23+,24-,25?/m1/s1. The predicted octanol–water partition coefficient (Wildman–Crippen LogP) is 3.45. The van der Waals surface area contributed by atoms with E-state index in [1.807, 2.05) is 0 Å². The van der Waals surface area contributed by atoms with Gasteiger partial charge in [-0.1, -0.05) is 26.3 Å². The molecule has 6 nitrogen and oxygen atoms in total. The summed E-state index contributed by atoms with van der Waals surface area (Å²) in [6.45, 7) is 8.15. The third-order valence-corrected chi connectivity index (χ3v) is 10.7. The van der Waals surface area contributed by atoms with Crippen molar-refractivity contribution in [3.05, 3.63) is 11.6 Å². The molecule has 3 unspecified atom stereocenters. The zero-order chi connectivity index (χ0) is 22.6. The van der Waals surface area contributed by atoms with Crippen LogP contribution in [0.15, 0.2) is 11.6 Å². The van der Waals surface area contributed by atoms with E-state index in [9.17, 15) is 24.6 Å². The second-order valence-electron chi connectivity index (χ2n) is 11.6. The summed E-state index contributed by atoms with van der Waals surface area (Å²) < 4.78 is 6.65. The molecule has 0 aromatic carbocycles. The molecule has 5 aliphatic rings. The lowest BCUT2D eigenvalue weighted by Crippen LogP contribution is -2.68. The summed E-state index contributed by atoms with van der Waals surface area (Å²) in [5.74, 6) is -0.858. The first-order chi connectivity index (χ1) is 14.4. The van der Waals surface area contributed by atoms with Crippen LogP contribution in [0.2, 0.25) is 0 Å². The molecule has 3 saturated carbocycles. The number of hydrogen-bond acceptors (Lipinski definition) is 5. The summed E-state index contributed by atoms with van der Waals surface area (Å²) in [6.07, 6.45) is 5.67. The van der Waals surface area contributed by atoms with Gasteiger partial charge in [0.2, 0.25) is 0 Å². The number of carboxylic acid groups (broad SMARTS) is 1. The second kappa shape index (κ2) is 6.07. The molecule has 4 fully saturated rings. The van der Waals surface area contributed by atoms with Crippen molar-refractivity contribution in [3.8, 4) is 0 Å². The van der Waals surface area contributed by atoms with Gasteiger partial charge >= 0.3 is 5.97 Å². The number of carbonyl (C=O) groups excluding carboxylic acids is 2. The average molecular weight is 431 g/mol. The zero-order valence-corrected chi connectivity index (χ0v) is 19.0. The highest BCUT2D eigenvalue weighted by Crippen LogP contribution is 2.82. The SMILES string of the molecule is CC(=O)C1CC2=CC(=O)CC[C@]2(C)C23OC2C[C@@]2(C)[C@@H](CC[C@@]2(O)CCC(=O)O)[C@]13C. The molecule has 4 aliphatic carbocycles. The molecule has 0 aromatic rings. The van der Waals surface area contributed by atoms with Crippen molar-refractivity contribution in [1.82, 2.24) is 0 Å². The number of ketones is 2. The van der Waals surface area contributed by atoms with E-state index in [2.05, 4.69) is 20.8 Å². The van der Waals surface area contributed by atoms with Gasteiger partial charge in [-0.2, -0.15) is 0 Å². The summed E-state index contributed by atoms with van der Waals surface area (Å²) in [6, 6.07) is 0. The molecule has 0 aromatic heterocycles. The highest BCUT2D eigenvalue weighted by molar-refractivity contribution is 5.92. The minimum atomic E-state index is -1.07. The highest BCUT2D eigenvalue weighted by atomic mass is 16.6. The van der Waals surface area contributed by atoms with Gasteiger partial charge in [0.05, 0.1) is 11.7 Å². The molecule has 8 atom stereocenters. The maximum Gasteiger partial charge on any atom is 0.303 e. The van der Waals surface area contributed by atoms with E-state index in [1.54, 1.807) is 13.0 Å². The first-order valence-corrected chi connectivity index (χ1v) is 11.7. The Balaban J connectivity index is 1.64. The average Bonchev–Trinajstić information content (AvgIpc) is 3.35. The number of aliphatic carboxylic acids is 1. The fourth-order valence-electron chi connectivity index (χ4n) is 9.07. The van der Waals surface area contributed by atoms with E-state index >= 15 is 0 Å². The lowest BCUT2D eigenvalue weighted by molar-refractivity contribution is -0.175. The summed E-state index contributed by atoms with van der Waals surface area (Å²) in [5, 5.41) is 21.0. The molecule has 2 N–H and O–H groups in total. The van der Waals surface area contributed by atoms with Crippen LogP contribution in [0.4, 0.5) is 0 Å². The Kier molecular flexibility index (Phi) is 4.18. The van der Waals surface area contributed by atoms with E-state index in [0.29, 0.717) is 25.7 Å². The number of rotatable bonds is 4. The molecular formula is C25H34O6. The Bertz CT molecular complexity index is 923. The second-order valence-corrected chi connectivity index (χ2v) is 11.6. The van der Waals surface area contributed by atoms with Gasteiger partial charge in [0.15, 0.2) is 5.78 Å². The predicted molar refractivity (Wildman–Crippen MR) is 112 cm³/mol. The Morgan fingerprint density at radius 3 is 2.58 bits per heavy atom. The normalized spacial score (nSPS) is 52.4. The number of Topliss-reactive ketones (excluding diaryl/α,β-unsaturated/α-hetero) is 1. The molecule has 1 spiro atoms. The van der Waals surface area contributed by atoms with Gasteiger partial charge in [0.1, 0.15) is 11.4 Å². The molecule has 1 aliphatic heterocycles. The van der Waals surface area contributed by atoms with Gasteiger partial charge in [0.25, 0.3) is 0 Å². The molecule has 31 heavy (non-hydrogen) atoms. The third-order valence-electron chi connectivity index (χ3n) is 10.7. The van der Waals surface area contributed by atoms with Crippen LogP contribution < -0.4 is 0 Å². The number of ether oxygens (including phenoxy) is 1. The number of carboxylic acids is 1. The molecule has 1 saturated heterocycles.